The quantitative estimate of drug-likeness (QED) is 0.356. The van der Waals surface area contributed by atoms with Gasteiger partial charge >= 0.3 is 0 Å². The number of likely N-dealkylation sites (tertiary alicyclic amines) is 1. The Morgan fingerprint density at radius 2 is 1.88 bits per heavy atom. The number of aryl methyl sites for hydroxylation is 2. The number of methoxy groups -OCH3 is 1. The van der Waals surface area contributed by atoms with Gasteiger partial charge in [0.05, 0.1) is 24.3 Å². The van der Waals surface area contributed by atoms with Gasteiger partial charge in [-0.3, -0.25) is 9.59 Å². The van der Waals surface area contributed by atoms with Crippen LogP contribution in [-0.4, -0.2) is 65.5 Å². The summed E-state index contributed by atoms with van der Waals surface area (Å²) in [6.45, 7) is 2.84. The SMILES string of the molecule is COc1ccc(C)cc1/C(O)=C1\C(=O)C(=O)N(CCN(C)C)C1c1cn(C)c2ccccc12. The number of Topliss-reactive ketones (excluding diaryl/α,β-unsaturated/α-hetero) is 1. The number of carbonyl (C=O) groups excluding carboxylic acids is 2. The van der Waals surface area contributed by atoms with Crippen molar-refractivity contribution in [1.29, 1.82) is 0 Å². The highest BCUT2D eigenvalue weighted by Gasteiger charge is 2.47. The summed E-state index contributed by atoms with van der Waals surface area (Å²) in [5.74, 6) is -1.08. The molecule has 7 nitrogen and oxygen atoms in total. The largest absolute Gasteiger partial charge is 0.507 e. The molecule has 0 saturated carbocycles. The number of rotatable bonds is 6. The fourth-order valence-corrected chi connectivity index (χ4v) is 4.48. The number of carbonyl (C=O) groups is 2. The van der Waals surface area contributed by atoms with Gasteiger partial charge in [-0.25, -0.2) is 0 Å². The Kier molecular flexibility index (Phi) is 5.99. The summed E-state index contributed by atoms with van der Waals surface area (Å²) in [5, 5.41) is 12.4. The van der Waals surface area contributed by atoms with Crippen molar-refractivity contribution in [2.45, 2.75) is 13.0 Å². The first-order valence-electron chi connectivity index (χ1n) is 10.9. The second kappa shape index (κ2) is 8.75. The number of para-hydroxylation sites is 1. The minimum absolute atomic E-state index is 0.0824. The van der Waals surface area contributed by atoms with Crippen LogP contribution >= 0.6 is 0 Å². The summed E-state index contributed by atoms with van der Waals surface area (Å²) in [7, 11) is 7.28. The number of amides is 1. The Morgan fingerprint density at radius 3 is 2.58 bits per heavy atom. The van der Waals surface area contributed by atoms with Gasteiger partial charge in [0.15, 0.2) is 0 Å². The second-order valence-electron chi connectivity index (χ2n) is 8.71. The molecule has 1 N–H and O–H groups in total. The van der Waals surface area contributed by atoms with E-state index in [-0.39, 0.29) is 11.3 Å². The molecule has 2 aromatic carbocycles. The van der Waals surface area contributed by atoms with Crippen LogP contribution in [0.4, 0.5) is 0 Å². The lowest BCUT2D eigenvalue weighted by Crippen LogP contribution is -2.35. The molecule has 1 saturated heterocycles. The molecule has 1 unspecified atom stereocenters. The monoisotopic (exact) mass is 447 g/mol. The van der Waals surface area contributed by atoms with E-state index in [2.05, 4.69) is 0 Å². The third kappa shape index (κ3) is 3.89. The summed E-state index contributed by atoms with van der Waals surface area (Å²) < 4.78 is 7.43. The number of aliphatic hydroxyl groups is 1. The molecule has 172 valence electrons. The van der Waals surface area contributed by atoms with Crippen molar-refractivity contribution in [3.8, 4) is 5.75 Å². The summed E-state index contributed by atoms with van der Waals surface area (Å²) >= 11 is 0. The Morgan fingerprint density at radius 1 is 1.15 bits per heavy atom. The lowest BCUT2D eigenvalue weighted by atomic mass is 9.94. The molecule has 0 radical (unpaired) electrons. The zero-order valence-electron chi connectivity index (χ0n) is 19.6. The zero-order chi connectivity index (χ0) is 23.9. The molecule has 0 aliphatic carbocycles. The molecule has 2 heterocycles. The van der Waals surface area contributed by atoms with E-state index in [9.17, 15) is 14.7 Å². The van der Waals surface area contributed by atoms with Gasteiger partial charge in [0.2, 0.25) is 0 Å². The molecule has 3 aromatic rings. The fraction of sp³-hybridized carbons (Fsp3) is 0.308. The van der Waals surface area contributed by atoms with Crippen LogP contribution in [0.5, 0.6) is 5.75 Å². The third-order valence-electron chi connectivity index (χ3n) is 6.16. The first-order valence-corrected chi connectivity index (χ1v) is 10.9. The summed E-state index contributed by atoms with van der Waals surface area (Å²) in [6.07, 6.45) is 1.94. The smallest absolute Gasteiger partial charge is 0.295 e. The molecule has 0 spiro atoms. The number of aliphatic hydroxyl groups excluding tert-OH is 1. The number of nitrogens with zero attached hydrogens (tertiary/aromatic N) is 3. The average molecular weight is 448 g/mol. The van der Waals surface area contributed by atoms with Crippen molar-refractivity contribution in [2.24, 2.45) is 7.05 Å². The number of hydrogen-bond acceptors (Lipinski definition) is 5. The van der Waals surface area contributed by atoms with Crippen LogP contribution in [0.15, 0.2) is 54.2 Å². The van der Waals surface area contributed by atoms with Gasteiger partial charge in [-0.1, -0.05) is 29.8 Å². The van der Waals surface area contributed by atoms with Crippen LogP contribution < -0.4 is 4.74 Å². The van der Waals surface area contributed by atoms with Crippen molar-refractivity contribution < 1.29 is 19.4 Å². The number of fused-ring (bicyclic) bond motifs is 1. The van der Waals surface area contributed by atoms with Crippen LogP contribution in [0.1, 0.15) is 22.7 Å². The number of ether oxygens (including phenoxy) is 1. The predicted molar refractivity (Wildman–Crippen MR) is 128 cm³/mol. The molecular weight excluding hydrogens is 418 g/mol. The first kappa shape index (κ1) is 22.6. The van der Waals surface area contributed by atoms with Gasteiger partial charge in [0.1, 0.15) is 11.5 Å². The second-order valence-corrected chi connectivity index (χ2v) is 8.71. The van der Waals surface area contributed by atoms with E-state index in [0.29, 0.717) is 24.4 Å². The van der Waals surface area contributed by atoms with Crippen molar-refractivity contribution >= 4 is 28.4 Å². The third-order valence-corrected chi connectivity index (χ3v) is 6.16. The standard InChI is InChI=1S/C26H29N3O4/c1-16-10-11-21(33-5)18(14-16)24(30)22-23(29(13-12-27(2)3)26(32)25(22)31)19-15-28(4)20-9-7-6-8-17(19)20/h6-11,14-15,23,30H,12-13H2,1-5H3/b24-22+. The van der Waals surface area contributed by atoms with Gasteiger partial charge < -0.3 is 24.2 Å². The normalized spacial score (nSPS) is 18.0. The number of likely N-dealkylation sites (N-methyl/N-ethyl adjacent to an activating group) is 1. The van der Waals surface area contributed by atoms with Crippen molar-refractivity contribution in [3.63, 3.8) is 0 Å². The number of benzene rings is 2. The molecule has 1 atom stereocenters. The molecule has 1 aliphatic heterocycles. The van der Waals surface area contributed by atoms with Gasteiger partial charge in [0, 0.05) is 42.8 Å². The number of hydrogen-bond donors (Lipinski definition) is 1. The minimum atomic E-state index is -0.707. The molecule has 33 heavy (non-hydrogen) atoms. The van der Waals surface area contributed by atoms with E-state index in [0.717, 1.165) is 22.0 Å². The van der Waals surface area contributed by atoms with Crippen LogP contribution in [0.25, 0.3) is 16.7 Å². The molecule has 4 rings (SSSR count). The van der Waals surface area contributed by atoms with Crippen LogP contribution in [0.2, 0.25) is 0 Å². The van der Waals surface area contributed by atoms with Crippen LogP contribution in [0.3, 0.4) is 0 Å². The number of ketones is 1. The maximum Gasteiger partial charge on any atom is 0.295 e. The van der Waals surface area contributed by atoms with Crippen molar-refractivity contribution in [2.75, 3.05) is 34.3 Å². The zero-order valence-corrected chi connectivity index (χ0v) is 19.6. The number of aromatic nitrogens is 1. The molecule has 1 amide bonds. The van der Waals surface area contributed by atoms with E-state index < -0.39 is 17.7 Å². The predicted octanol–water partition coefficient (Wildman–Crippen LogP) is 3.48. The highest BCUT2D eigenvalue weighted by Crippen LogP contribution is 2.43. The summed E-state index contributed by atoms with van der Waals surface area (Å²) in [5.41, 5.74) is 3.17. The van der Waals surface area contributed by atoms with E-state index in [1.54, 1.807) is 17.0 Å². The molecule has 1 aromatic heterocycles. The first-order chi connectivity index (χ1) is 15.7. The molecule has 1 fully saturated rings. The Hall–Kier alpha value is -3.58. The van der Waals surface area contributed by atoms with Crippen LogP contribution in [-0.2, 0) is 16.6 Å². The lowest BCUT2D eigenvalue weighted by Gasteiger charge is -2.26. The minimum Gasteiger partial charge on any atom is -0.507 e. The highest BCUT2D eigenvalue weighted by atomic mass is 16.5. The summed E-state index contributed by atoms with van der Waals surface area (Å²) in [6, 6.07) is 12.5. The Balaban J connectivity index is 1.98. The van der Waals surface area contributed by atoms with E-state index in [1.807, 2.05) is 74.1 Å². The van der Waals surface area contributed by atoms with Gasteiger partial charge in [0.25, 0.3) is 11.7 Å². The van der Waals surface area contributed by atoms with E-state index in [4.69, 9.17) is 4.74 Å². The van der Waals surface area contributed by atoms with Crippen LogP contribution in [0, 0.1) is 6.92 Å². The Bertz CT molecular complexity index is 1270. The fourth-order valence-electron chi connectivity index (χ4n) is 4.48. The Labute approximate surface area is 193 Å². The van der Waals surface area contributed by atoms with Gasteiger partial charge in [-0.15, -0.1) is 0 Å². The lowest BCUT2D eigenvalue weighted by molar-refractivity contribution is -0.140. The average Bonchev–Trinajstić information content (AvgIpc) is 3.25. The topological polar surface area (TPSA) is 75.0 Å². The molecule has 0 bridgehead atoms. The highest BCUT2D eigenvalue weighted by molar-refractivity contribution is 6.46. The van der Waals surface area contributed by atoms with E-state index >= 15 is 0 Å². The maximum atomic E-state index is 13.3. The molecule has 7 heteroatoms. The van der Waals surface area contributed by atoms with E-state index in [1.165, 1.54) is 7.11 Å². The molecular formula is C26H29N3O4. The molecule has 1 aliphatic rings. The van der Waals surface area contributed by atoms with Crippen molar-refractivity contribution in [3.05, 3.63) is 70.9 Å². The maximum absolute atomic E-state index is 13.3. The van der Waals surface area contributed by atoms with Gasteiger partial charge in [-0.2, -0.15) is 0 Å². The summed E-state index contributed by atoms with van der Waals surface area (Å²) in [4.78, 5) is 30.0. The van der Waals surface area contributed by atoms with Crippen molar-refractivity contribution in [1.82, 2.24) is 14.4 Å². The van der Waals surface area contributed by atoms with Gasteiger partial charge in [-0.05, 0) is 39.2 Å².